The lowest BCUT2D eigenvalue weighted by Crippen LogP contribution is -2.10. The van der Waals surface area contributed by atoms with Gasteiger partial charge in [-0.25, -0.2) is 4.98 Å². The van der Waals surface area contributed by atoms with Gasteiger partial charge in [-0.2, -0.15) is 16.4 Å². The fraction of sp³-hybridized carbons (Fsp3) is 0.120. The Hall–Kier alpha value is -3.88. The third-order valence-electron chi connectivity index (χ3n) is 5.65. The topological polar surface area (TPSA) is 86.4 Å². The molecule has 0 saturated carbocycles. The number of hydrogen-bond donors (Lipinski definition) is 2. The predicted molar refractivity (Wildman–Crippen MR) is 133 cm³/mol. The predicted octanol–water partition coefficient (Wildman–Crippen LogP) is 5.35. The average Bonchev–Trinajstić information content (AvgIpc) is 3.57. The summed E-state index contributed by atoms with van der Waals surface area (Å²) in [7, 11) is 4.11. The van der Waals surface area contributed by atoms with Gasteiger partial charge in [0, 0.05) is 69.7 Å². The molecule has 0 aliphatic carbocycles. The maximum Gasteiger partial charge on any atom is 0.181 e. The first kappa shape index (κ1) is 19.8. The molecular formula is C25H21N7S. The zero-order chi connectivity index (χ0) is 22.4. The van der Waals surface area contributed by atoms with Crippen LogP contribution in [0.2, 0.25) is 0 Å². The van der Waals surface area contributed by atoms with Gasteiger partial charge in [0.15, 0.2) is 5.65 Å². The second-order valence-electron chi connectivity index (χ2n) is 8.33. The molecule has 0 unspecified atom stereocenters. The number of aromatic amines is 2. The van der Waals surface area contributed by atoms with E-state index in [4.69, 9.17) is 0 Å². The molecule has 33 heavy (non-hydrogen) atoms. The molecule has 0 radical (unpaired) electrons. The molecule has 0 aromatic carbocycles. The van der Waals surface area contributed by atoms with E-state index in [0.29, 0.717) is 5.65 Å². The number of nitrogens with one attached hydrogen (secondary N) is 2. The van der Waals surface area contributed by atoms with Crippen molar-refractivity contribution >= 4 is 33.3 Å². The highest BCUT2D eigenvalue weighted by atomic mass is 32.1. The van der Waals surface area contributed by atoms with E-state index in [1.165, 1.54) is 0 Å². The first-order valence-electron chi connectivity index (χ1n) is 10.6. The number of pyridine rings is 3. The molecule has 0 bridgehead atoms. The molecule has 0 aliphatic rings. The summed E-state index contributed by atoms with van der Waals surface area (Å²) >= 11 is 1.67. The van der Waals surface area contributed by atoms with Crippen molar-refractivity contribution in [2.45, 2.75) is 6.54 Å². The molecule has 2 N–H and O–H groups in total. The Morgan fingerprint density at radius 3 is 2.70 bits per heavy atom. The maximum atomic E-state index is 4.63. The highest BCUT2D eigenvalue weighted by molar-refractivity contribution is 7.08. The van der Waals surface area contributed by atoms with E-state index >= 15 is 0 Å². The van der Waals surface area contributed by atoms with Crippen LogP contribution in [-0.2, 0) is 6.54 Å². The van der Waals surface area contributed by atoms with Gasteiger partial charge in [-0.1, -0.05) is 0 Å². The highest BCUT2D eigenvalue weighted by Gasteiger charge is 2.15. The van der Waals surface area contributed by atoms with Gasteiger partial charge in [-0.3, -0.25) is 15.1 Å². The van der Waals surface area contributed by atoms with Crippen LogP contribution >= 0.6 is 11.3 Å². The van der Waals surface area contributed by atoms with Gasteiger partial charge in [-0.15, -0.1) is 0 Å². The van der Waals surface area contributed by atoms with Crippen molar-refractivity contribution in [1.82, 2.24) is 35.0 Å². The van der Waals surface area contributed by atoms with Crippen molar-refractivity contribution in [1.29, 1.82) is 0 Å². The van der Waals surface area contributed by atoms with E-state index in [-0.39, 0.29) is 0 Å². The molecule has 0 aliphatic heterocycles. The minimum atomic E-state index is 0.681. The average molecular weight is 452 g/mol. The van der Waals surface area contributed by atoms with Gasteiger partial charge >= 0.3 is 0 Å². The smallest absolute Gasteiger partial charge is 0.181 e. The third-order valence-corrected chi connectivity index (χ3v) is 6.33. The second-order valence-corrected chi connectivity index (χ2v) is 9.11. The molecule has 0 amide bonds. The largest absolute Gasteiger partial charge is 0.353 e. The van der Waals surface area contributed by atoms with Crippen LogP contribution in [0.4, 0.5) is 0 Å². The van der Waals surface area contributed by atoms with Gasteiger partial charge in [0.2, 0.25) is 0 Å². The van der Waals surface area contributed by atoms with Crippen molar-refractivity contribution in [2.24, 2.45) is 0 Å². The molecule has 0 fully saturated rings. The zero-order valence-corrected chi connectivity index (χ0v) is 19.0. The first-order chi connectivity index (χ1) is 16.2. The number of thiophene rings is 1. The Morgan fingerprint density at radius 2 is 1.85 bits per heavy atom. The molecule has 8 heteroatoms. The van der Waals surface area contributed by atoms with Gasteiger partial charge < -0.3 is 9.88 Å². The molecule has 162 valence electrons. The van der Waals surface area contributed by atoms with E-state index in [0.717, 1.165) is 62.2 Å². The molecule has 0 atom stereocenters. The van der Waals surface area contributed by atoms with E-state index in [1.807, 2.05) is 30.9 Å². The molecule has 0 spiro atoms. The van der Waals surface area contributed by atoms with Crippen molar-refractivity contribution in [3.63, 3.8) is 0 Å². The van der Waals surface area contributed by atoms with Crippen LogP contribution in [0.5, 0.6) is 0 Å². The summed E-state index contributed by atoms with van der Waals surface area (Å²) in [5, 5.41) is 13.8. The van der Waals surface area contributed by atoms with Gasteiger partial charge in [-0.05, 0) is 55.4 Å². The van der Waals surface area contributed by atoms with Crippen molar-refractivity contribution in [3.05, 3.63) is 71.4 Å². The lowest BCUT2D eigenvalue weighted by atomic mass is 10.1. The normalized spacial score (nSPS) is 11.7. The van der Waals surface area contributed by atoms with Crippen LogP contribution in [0.3, 0.4) is 0 Å². The summed E-state index contributed by atoms with van der Waals surface area (Å²) in [5.74, 6) is 0. The van der Waals surface area contributed by atoms with E-state index in [1.54, 1.807) is 11.3 Å². The summed E-state index contributed by atoms with van der Waals surface area (Å²) in [6.45, 7) is 0.836. The van der Waals surface area contributed by atoms with Crippen LogP contribution in [0, 0.1) is 0 Å². The van der Waals surface area contributed by atoms with Crippen molar-refractivity contribution in [2.75, 3.05) is 14.1 Å². The van der Waals surface area contributed by atoms with Gasteiger partial charge in [0.05, 0.1) is 17.1 Å². The Balaban J connectivity index is 1.45. The molecule has 7 nitrogen and oxygen atoms in total. The van der Waals surface area contributed by atoms with E-state index in [9.17, 15) is 0 Å². The van der Waals surface area contributed by atoms with E-state index in [2.05, 4.69) is 84.2 Å². The first-order valence-corrected chi connectivity index (χ1v) is 11.5. The number of rotatable bonds is 5. The highest BCUT2D eigenvalue weighted by Crippen LogP contribution is 2.34. The Bertz CT molecular complexity index is 1580. The summed E-state index contributed by atoms with van der Waals surface area (Å²) in [6, 6.07) is 10.5. The quantitative estimate of drug-likeness (QED) is 0.369. The summed E-state index contributed by atoms with van der Waals surface area (Å²) in [4.78, 5) is 19.3. The van der Waals surface area contributed by atoms with Crippen molar-refractivity contribution < 1.29 is 0 Å². The van der Waals surface area contributed by atoms with Gasteiger partial charge in [0.1, 0.15) is 0 Å². The molecule has 6 aromatic heterocycles. The van der Waals surface area contributed by atoms with Crippen LogP contribution in [0.15, 0.2) is 65.9 Å². The second kappa shape index (κ2) is 7.91. The van der Waals surface area contributed by atoms with E-state index < -0.39 is 0 Å². The summed E-state index contributed by atoms with van der Waals surface area (Å²) in [6.07, 6.45) is 7.48. The fourth-order valence-electron chi connectivity index (χ4n) is 4.18. The van der Waals surface area contributed by atoms with Crippen LogP contribution < -0.4 is 0 Å². The fourth-order valence-corrected chi connectivity index (χ4v) is 4.82. The lowest BCUT2D eigenvalue weighted by molar-refractivity contribution is 0.402. The molecule has 6 aromatic rings. The summed E-state index contributed by atoms with van der Waals surface area (Å²) < 4.78 is 0. The van der Waals surface area contributed by atoms with Crippen molar-refractivity contribution in [3.8, 4) is 33.8 Å². The molecule has 6 rings (SSSR count). The van der Waals surface area contributed by atoms with Crippen LogP contribution in [-0.4, -0.2) is 49.1 Å². The lowest BCUT2D eigenvalue weighted by Gasteiger charge is -2.10. The molecule has 6 heterocycles. The minimum Gasteiger partial charge on any atom is -0.353 e. The Labute approximate surface area is 194 Å². The maximum absolute atomic E-state index is 4.63. The zero-order valence-electron chi connectivity index (χ0n) is 18.2. The minimum absolute atomic E-state index is 0.681. The monoisotopic (exact) mass is 451 g/mol. The Morgan fingerprint density at radius 1 is 0.939 bits per heavy atom. The number of aromatic nitrogens is 6. The molecular weight excluding hydrogens is 430 g/mol. The number of H-pyrrole nitrogens is 2. The van der Waals surface area contributed by atoms with Gasteiger partial charge in [0.25, 0.3) is 0 Å². The number of hydrogen-bond acceptors (Lipinski definition) is 6. The standard InChI is InChI=1S/C25H21N7S/c1-32(2)13-15-7-17(11-26-10-15)18-8-20-24(30-31-25(20)28-12-18)22-9-19-21(29-22)3-5-27-23(19)16-4-6-33-14-16/h3-12,14,29H,13H2,1-2H3,(H,28,30,31). The number of nitrogens with zero attached hydrogens (tertiary/aromatic N) is 5. The van der Waals surface area contributed by atoms with Crippen LogP contribution in [0.1, 0.15) is 5.56 Å². The third kappa shape index (κ3) is 3.59. The SMILES string of the molecule is CN(C)Cc1cncc(-c2cnc3n[nH]c(-c4cc5c(-c6ccsc6)nccc5[nH]4)c3c2)c1. The molecule has 0 saturated heterocycles. The Kier molecular flexibility index (Phi) is 4.74. The number of fused-ring (bicyclic) bond motifs is 2. The summed E-state index contributed by atoms with van der Waals surface area (Å²) in [5.41, 5.74) is 8.89. The van der Waals surface area contributed by atoms with Crippen LogP contribution in [0.25, 0.3) is 55.7 Å².